The Hall–Kier alpha value is -1.14. The second-order valence-electron chi connectivity index (χ2n) is 4.72. The van der Waals surface area contributed by atoms with Crippen molar-refractivity contribution in [1.82, 2.24) is 0 Å². The highest BCUT2D eigenvalue weighted by Crippen LogP contribution is 2.23. The molecule has 0 N–H and O–H groups in total. The minimum Gasteiger partial charge on any atom is -0.463 e. The van der Waals surface area contributed by atoms with Crippen LogP contribution in [-0.2, 0) is 28.5 Å². The molecule has 0 bridgehead atoms. The summed E-state index contributed by atoms with van der Waals surface area (Å²) in [6, 6.07) is 0. The fraction of sp³-hybridized carbons (Fsp3) is 0.846. The Morgan fingerprint density at radius 2 is 1.21 bits per heavy atom. The zero-order valence-electron chi connectivity index (χ0n) is 11.0. The lowest BCUT2D eigenvalue weighted by Gasteiger charge is -2.31. The van der Waals surface area contributed by atoms with Gasteiger partial charge in [0.2, 0.25) is 0 Å². The lowest BCUT2D eigenvalue weighted by molar-refractivity contribution is -0.155. The van der Waals surface area contributed by atoms with Gasteiger partial charge >= 0.3 is 11.9 Å². The van der Waals surface area contributed by atoms with E-state index in [9.17, 15) is 9.59 Å². The predicted octanol–water partition coefficient (Wildman–Crippen LogP) is 0.821. The van der Waals surface area contributed by atoms with Crippen LogP contribution in [-0.4, -0.2) is 50.6 Å². The highest BCUT2D eigenvalue weighted by atomic mass is 16.6. The number of hydrogen-bond acceptors (Lipinski definition) is 6. The molecule has 1 aliphatic carbocycles. The highest BCUT2D eigenvalue weighted by Gasteiger charge is 2.27. The third-order valence-corrected chi connectivity index (χ3v) is 3.29. The van der Waals surface area contributed by atoms with Crippen molar-refractivity contribution in [2.45, 2.75) is 44.3 Å². The number of carbonyl (C=O) groups excluding carboxylic acids is 2. The summed E-state index contributed by atoms with van der Waals surface area (Å²) >= 11 is 0. The molecule has 6 heteroatoms. The lowest BCUT2D eigenvalue weighted by atomic mass is 9.94. The van der Waals surface area contributed by atoms with Crippen LogP contribution in [0.4, 0.5) is 0 Å². The van der Waals surface area contributed by atoms with Crippen molar-refractivity contribution in [2.24, 2.45) is 0 Å². The maximum absolute atomic E-state index is 11.3. The Morgan fingerprint density at radius 1 is 0.737 bits per heavy atom. The molecule has 1 heterocycles. The quantitative estimate of drug-likeness (QED) is 0.480. The summed E-state index contributed by atoms with van der Waals surface area (Å²) in [5, 5.41) is 0. The van der Waals surface area contributed by atoms with E-state index in [2.05, 4.69) is 0 Å². The summed E-state index contributed by atoms with van der Waals surface area (Å²) in [6.07, 6.45) is 3.90. The van der Waals surface area contributed by atoms with Crippen molar-refractivity contribution in [3.05, 3.63) is 0 Å². The molecule has 0 aromatic carbocycles. The average Bonchev–Trinajstić information content (AvgIpc) is 2.41. The zero-order valence-corrected chi connectivity index (χ0v) is 11.0. The van der Waals surface area contributed by atoms with Gasteiger partial charge in [0.05, 0.1) is 25.4 Å². The van der Waals surface area contributed by atoms with Crippen LogP contribution in [0.1, 0.15) is 32.1 Å². The third kappa shape index (κ3) is 4.80. The molecule has 19 heavy (non-hydrogen) atoms. The molecular formula is C13H20O6. The first-order valence-corrected chi connectivity index (χ1v) is 6.80. The van der Waals surface area contributed by atoms with E-state index in [4.69, 9.17) is 18.9 Å². The predicted molar refractivity (Wildman–Crippen MR) is 64.5 cm³/mol. The van der Waals surface area contributed by atoms with E-state index in [0.717, 1.165) is 25.7 Å². The van der Waals surface area contributed by atoms with Gasteiger partial charge in [0.25, 0.3) is 0 Å². The topological polar surface area (TPSA) is 71.1 Å². The molecule has 108 valence electrons. The smallest absolute Gasteiger partial charge is 0.317 e. The SMILES string of the molecule is O=C1CC(=O)OCCO[C@@H]2CCCC[C@H]2OCCO1. The van der Waals surface area contributed by atoms with E-state index in [0.29, 0.717) is 13.2 Å². The monoisotopic (exact) mass is 272 g/mol. The van der Waals surface area contributed by atoms with E-state index in [-0.39, 0.29) is 31.8 Å². The van der Waals surface area contributed by atoms with Crippen molar-refractivity contribution in [3.63, 3.8) is 0 Å². The van der Waals surface area contributed by atoms with Crippen LogP contribution in [0.5, 0.6) is 0 Å². The van der Waals surface area contributed by atoms with Gasteiger partial charge in [-0.1, -0.05) is 12.8 Å². The summed E-state index contributed by atoms with van der Waals surface area (Å²) in [5.41, 5.74) is 0. The van der Waals surface area contributed by atoms with Gasteiger partial charge in [-0.2, -0.15) is 0 Å². The number of fused-ring (bicyclic) bond motifs is 1. The first kappa shape index (κ1) is 14.3. The van der Waals surface area contributed by atoms with E-state index in [1.54, 1.807) is 0 Å². The Morgan fingerprint density at radius 3 is 1.68 bits per heavy atom. The normalized spacial score (nSPS) is 30.9. The summed E-state index contributed by atoms with van der Waals surface area (Å²) in [7, 11) is 0. The molecule has 0 unspecified atom stereocenters. The van der Waals surface area contributed by atoms with Crippen LogP contribution in [0.3, 0.4) is 0 Å². The van der Waals surface area contributed by atoms with Gasteiger partial charge < -0.3 is 18.9 Å². The minimum atomic E-state index is -0.575. The fourth-order valence-corrected chi connectivity index (χ4v) is 2.37. The van der Waals surface area contributed by atoms with Crippen molar-refractivity contribution >= 4 is 11.9 Å². The zero-order chi connectivity index (χ0) is 13.5. The Labute approximate surface area is 112 Å². The first-order chi connectivity index (χ1) is 9.25. The Kier molecular flexibility index (Phi) is 5.60. The van der Waals surface area contributed by atoms with Crippen molar-refractivity contribution < 1.29 is 28.5 Å². The molecule has 1 saturated heterocycles. The Balaban J connectivity index is 1.88. The molecule has 1 saturated carbocycles. The molecule has 2 atom stereocenters. The molecule has 2 aliphatic rings. The third-order valence-electron chi connectivity index (χ3n) is 3.29. The number of carbonyl (C=O) groups is 2. The van der Waals surface area contributed by atoms with E-state index >= 15 is 0 Å². The first-order valence-electron chi connectivity index (χ1n) is 6.80. The molecular weight excluding hydrogens is 252 g/mol. The second-order valence-corrected chi connectivity index (χ2v) is 4.72. The maximum Gasteiger partial charge on any atom is 0.317 e. The number of ether oxygens (including phenoxy) is 4. The molecule has 0 aromatic rings. The van der Waals surface area contributed by atoms with Gasteiger partial charge in [0.15, 0.2) is 0 Å². The summed E-state index contributed by atoms with van der Waals surface area (Å²) in [6.45, 7) is 1.00. The molecule has 1 aliphatic heterocycles. The summed E-state index contributed by atoms with van der Waals surface area (Å²) < 4.78 is 21.2. The minimum absolute atomic E-state index is 0.0453. The van der Waals surface area contributed by atoms with Crippen molar-refractivity contribution in [3.8, 4) is 0 Å². The summed E-state index contributed by atoms with van der Waals surface area (Å²) in [4.78, 5) is 22.5. The van der Waals surface area contributed by atoms with Crippen LogP contribution in [0, 0.1) is 0 Å². The number of esters is 2. The maximum atomic E-state index is 11.3. The van der Waals surface area contributed by atoms with E-state index in [1.807, 2.05) is 0 Å². The average molecular weight is 272 g/mol. The number of cyclic esters (lactones) is 2. The molecule has 6 nitrogen and oxygen atoms in total. The van der Waals surface area contributed by atoms with E-state index in [1.165, 1.54) is 0 Å². The van der Waals surface area contributed by atoms with Crippen molar-refractivity contribution in [2.75, 3.05) is 26.4 Å². The second kappa shape index (κ2) is 7.45. The largest absolute Gasteiger partial charge is 0.463 e. The fourth-order valence-electron chi connectivity index (χ4n) is 2.37. The van der Waals surface area contributed by atoms with Crippen LogP contribution in [0.2, 0.25) is 0 Å². The standard InChI is InChI=1S/C13H20O6/c14-12-9-13(15)19-8-6-17-11-4-2-1-3-10(11)16-5-7-18-12/h10-11H,1-9H2/t10-,11-/m1/s1. The summed E-state index contributed by atoms with van der Waals surface area (Å²) in [5.74, 6) is -1.15. The van der Waals surface area contributed by atoms with Crippen LogP contribution in [0.15, 0.2) is 0 Å². The number of rotatable bonds is 0. The van der Waals surface area contributed by atoms with Gasteiger partial charge in [-0.3, -0.25) is 9.59 Å². The van der Waals surface area contributed by atoms with Crippen LogP contribution < -0.4 is 0 Å². The molecule has 0 spiro atoms. The molecule has 0 aromatic heterocycles. The number of hydrogen-bond donors (Lipinski definition) is 0. The van der Waals surface area contributed by atoms with Crippen molar-refractivity contribution in [1.29, 1.82) is 0 Å². The highest BCUT2D eigenvalue weighted by molar-refractivity contribution is 5.91. The van der Waals surface area contributed by atoms with Gasteiger partial charge in [-0.05, 0) is 12.8 Å². The molecule has 0 radical (unpaired) electrons. The molecule has 0 amide bonds. The Bertz CT molecular complexity index is 286. The molecule has 2 fully saturated rings. The van der Waals surface area contributed by atoms with Crippen LogP contribution in [0.25, 0.3) is 0 Å². The van der Waals surface area contributed by atoms with Gasteiger partial charge in [-0.25, -0.2) is 0 Å². The lowest BCUT2D eigenvalue weighted by Crippen LogP contribution is -2.36. The van der Waals surface area contributed by atoms with Crippen LogP contribution >= 0.6 is 0 Å². The molecule has 2 rings (SSSR count). The van der Waals surface area contributed by atoms with Gasteiger partial charge in [0, 0.05) is 0 Å². The van der Waals surface area contributed by atoms with E-state index < -0.39 is 11.9 Å². The van der Waals surface area contributed by atoms with Gasteiger partial charge in [0.1, 0.15) is 19.6 Å². The van der Waals surface area contributed by atoms with Gasteiger partial charge in [-0.15, -0.1) is 0 Å².